The first-order valence-electron chi connectivity index (χ1n) is 7.65. The Balaban J connectivity index is 1.42. The molecular formula is C19H13ClN2O2S. The first kappa shape index (κ1) is 16.0. The van der Waals surface area contributed by atoms with Crippen molar-refractivity contribution in [2.24, 2.45) is 0 Å². The molecule has 1 N–H and O–H groups in total. The van der Waals surface area contributed by atoms with Crippen molar-refractivity contribution in [1.29, 1.82) is 0 Å². The van der Waals surface area contributed by atoms with Crippen molar-refractivity contribution in [3.63, 3.8) is 0 Å². The second-order valence-corrected chi connectivity index (χ2v) is 6.85. The van der Waals surface area contributed by atoms with Crippen molar-refractivity contribution in [3.8, 4) is 0 Å². The SMILES string of the molecule is O=C(CSc1nc2cc(Cl)ccc2o1)Nc1ccc2ccccc2c1. The van der Waals surface area contributed by atoms with Gasteiger partial charge in [0.2, 0.25) is 5.91 Å². The van der Waals surface area contributed by atoms with E-state index >= 15 is 0 Å². The highest BCUT2D eigenvalue weighted by Crippen LogP contribution is 2.26. The summed E-state index contributed by atoms with van der Waals surface area (Å²) in [6.45, 7) is 0. The van der Waals surface area contributed by atoms with Gasteiger partial charge in [-0.15, -0.1) is 0 Å². The summed E-state index contributed by atoms with van der Waals surface area (Å²) in [5.74, 6) is 0.105. The standard InChI is InChI=1S/C19H13ClN2O2S/c20-14-6-8-17-16(10-14)22-19(24-17)25-11-18(23)21-15-7-5-12-3-1-2-4-13(12)9-15/h1-10H,11H2,(H,21,23). The van der Waals surface area contributed by atoms with E-state index in [-0.39, 0.29) is 11.7 Å². The molecule has 4 aromatic rings. The van der Waals surface area contributed by atoms with Crippen LogP contribution < -0.4 is 5.32 Å². The summed E-state index contributed by atoms with van der Waals surface area (Å²) >= 11 is 7.18. The van der Waals surface area contributed by atoms with E-state index in [0.717, 1.165) is 16.5 Å². The summed E-state index contributed by atoms with van der Waals surface area (Å²) in [5, 5.41) is 6.18. The number of amides is 1. The van der Waals surface area contributed by atoms with E-state index in [1.54, 1.807) is 18.2 Å². The summed E-state index contributed by atoms with van der Waals surface area (Å²) in [7, 11) is 0. The Morgan fingerprint density at radius 2 is 1.92 bits per heavy atom. The zero-order chi connectivity index (χ0) is 17.2. The predicted octanol–water partition coefficient (Wildman–Crippen LogP) is 5.37. The molecule has 1 heterocycles. The van der Waals surface area contributed by atoms with Gasteiger partial charge in [0.1, 0.15) is 5.52 Å². The number of carbonyl (C=O) groups is 1. The van der Waals surface area contributed by atoms with Gasteiger partial charge in [0.15, 0.2) is 5.58 Å². The van der Waals surface area contributed by atoms with Gasteiger partial charge in [-0.05, 0) is 41.1 Å². The molecule has 0 aliphatic rings. The zero-order valence-corrected chi connectivity index (χ0v) is 14.6. The number of fused-ring (bicyclic) bond motifs is 2. The Labute approximate surface area is 153 Å². The van der Waals surface area contributed by atoms with Crippen molar-refractivity contribution < 1.29 is 9.21 Å². The van der Waals surface area contributed by atoms with Gasteiger partial charge in [0.25, 0.3) is 5.22 Å². The maximum atomic E-state index is 12.2. The molecule has 0 unspecified atom stereocenters. The van der Waals surface area contributed by atoms with Crippen LogP contribution in [0.25, 0.3) is 21.9 Å². The van der Waals surface area contributed by atoms with Gasteiger partial charge in [0.05, 0.1) is 5.75 Å². The molecular weight excluding hydrogens is 356 g/mol. The fourth-order valence-corrected chi connectivity index (χ4v) is 3.34. The summed E-state index contributed by atoms with van der Waals surface area (Å²) in [4.78, 5) is 16.5. The highest BCUT2D eigenvalue weighted by Gasteiger charge is 2.10. The number of anilines is 1. The van der Waals surface area contributed by atoms with E-state index < -0.39 is 0 Å². The molecule has 4 rings (SSSR count). The minimum absolute atomic E-state index is 0.111. The van der Waals surface area contributed by atoms with E-state index in [1.807, 2.05) is 42.5 Å². The molecule has 1 aromatic heterocycles. The average Bonchev–Trinajstić information content (AvgIpc) is 3.02. The van der Waals surface area contributed by atoms with Crippen LogP contribution in [0.2, 0.25) is 5.02 Å². The molecule has 25 heavy (non-hydrogen) atoms. The lowest BCUT2D eigenvalue weighted by atomic mass is 10.1. The molecule has 3 aromatic carbocycles. The first-order chi connectivity index (χ1) is 12.2. The molecule has 4 nitrogen and oxygen atoms in total. The van der Waals surface area contributed by atoms with E-state index in [9.17, 15) is 4.79 Å². The second kappa shape index (κ2) is 6.78. The Kier molecular flexibility index (Phi) is 4.34. The van der Waals surface area contributed by atoms with Crippen LogP contribution in [0.15, 0.2) is 70.3 Å². The molecule has 0 radical (unpaired) electrons. The van der Waals surface area contributed by atoms with E-state index in [1.165, 1.54) is 11.8 Å². The maximum Gasteiger partial charge on any atom is 0.257 e. The summed E-state index contributed by atoms with van der Waals surface area (Å²) < 4.78 is 5.59. The smallest absolute Gasteiger partial charge is 0.257 e. The van der Waals surface area contributed by atoms with E-state index in [4.69, 9.17) is 16.0 Å². The lowest BCUT2D eigenvalue weighted by Crippen LogP contribution is -2.13. The Morgan fingerprint density at radius 1 is 1.08 bits per heavy atom. The van der Waals surface area contributed by atoms with Crippen LogP contribution in [0.1, 0.15) is 0 Å². The van der Waals surface area contributed by atoms with Crippen molar-refractivity contribution in [2.75, 3.05) is 11.1 Å². The van der Waals surface area contributed by atoms with Crippen LogP contribution in [-0.4, -0.2) is 16.6 Å². The molecule has 0 aliphatic heterocycles. The average molecular weight is 369 g/mol. The van der Waals surface area contributed by atoms with Crippen LogP contribution in [0.4, 0.5) is 5.69 Å². The van der Waals surface area contributed by atoms with Gasteiger partial charge in [-0.2, -0.15) is 0 Å². The third-order valence-electron chi connectivity index (χ3n) is 3.69. The van der Waals surface area contributed by atoms with Crippen LogP contribution in [0, 0.1) is 0 Å². The fraction of sp³-hybridized carbons (Fsp3) is 0.0526. The van der Waals surface area contributed by atoms with Gasteiger partial charge in [0, 0.05) is 10.7 Å². The number of hydrogen-bond donors (Lipinski definition) is 1. The Morgan fingerprint density at radius 3 is 2.80 bits per heavy atom. The third-order valence-corrected chi connectivity index (χ3v) is 4.75. The van der Waals surface area contributed by atoms with Crippen molar-refractivity contribution in [1.82, 2.24) is 4.98 Å². The van der Waals surface area contributed by atoms with E-state index in [2.05, 4.69) is 10.3 Å². The topological polar surface area (TPSA) is 55.1 Å². The Hall–Kier alpha value is -2.50. The molecule has 0 aliphatic carbocycles. The van der Waals surface area contributed by atoms with Gasteiger partial charge < -0.3 is 9.73 Å². The number of nitrogens with one attached hydrogen (secondary N) is 1. The first-order valence-corrected chi connectivity index (χ1v) is 9.01. The van der Waals surface area contributed by atoms with Gasteiger partial charge in [-0.1, -0.05) is 53.7 Å². The normalized spacial score (nSPS) is 11.1. The molecule has 124 valence electrons. The quantitative estimate of drug-likeness (QED) is 0.492. The number of benzene rings is 3. The minimum Gasteiger partial charge on any atom is -0.431 e. The molecule has 0 fully saturated rings. The third kappa shape index (κ3) is 3.62. The second-order valence-electron chi connectivity index (χ2n) is 5.49. The number of nitrogens with zero attached hydrogens (tertiary/aromatic N) is 1. The number of halogens is 1. The number of aromatic nitrogens is 1. The molecule has 0 atom stereocenters. The molecule has 1 amide bonds. The summed E-state index contributed by atoms with van der Waals surface area (Å²) in [6, 6.07) is 19.1. The van der Waals surface area contributed by atoms with Gasteiger partial charge >= 0.3 is 0 Å². The van der Waals surface area contributed by atoms with Crippen LogP contribution >= 0.6 is 23.4 Å². The molecule has 6 heteroatoms. The summed E-state index contributed by atoms with van der Waals surface area (Å²) in [6.07, 6.45) is 0. The maximum absolute atomic E-state index is 12.2. The van der Waals surface area contributed by atoms with Crippen LogP contribution in [-0.2, 0) is 4.79 Å². The fourth-order valence-electron chi connectivity index (χ4n) is 2.53. The lowest BCUT2D eigenvalue weighted by molar-refractivity contribution is -0.113. The van der Waals surface area contributed by atoms with Crippen molar-refractivity contribution in [2.45, 2.75) is 5.22 Å². The highest BCUT2D eigenvalue weighted by molar-refractivity contribution is 7.99. The van der Waals surface area contributed by atoms with Crippen LogP contribution in [0.5, 0.6) is 0 Å². The molecule has 0 bridgehead atoms. The van der Waals surface area contributed by atoms with Crippen LogP contribution in [0.3, 0.4) is 0 Å². The van der Waals surface area contributed by atoms with Crippen molar-refractivity contribution in [3.05, 3.63) is 65.7 Å². The minimum atomic E-state index is -0.111. The Bertz CT molecular complexity index is 1080. The number of rotatable bonds is 4. The number of hydrogen-bond acceptors (Lipinski definition) is 4. The van der Waals surface area contributed by atoms with Gasteiger partial charge in [-0.3, -0.25) is 4.79 Å². The molecule has 0 spiro atoms. The molecule has 0 saturated carbocycles. The zero-order valence-electron chi connectivity index (χ0n) is 13.0. The molecule has 0 saturated heterocycles. The van der Waals surface area contributed by atoms with Gasteiger partial charge in [-0.25, -0.2) is 4.98 Å². The highest BCUT2D eigenvalue weighted by atomic mass is 35.5. The monoisotopic (exact) mass is 368 g/mol. The number of carbonyl (C=O) groups excluding carboxylic acids is 1. The van der Waals surface area contributed by atoms with Crippen molar-refractivity contribution >= 4 is 56.8 Å². The largest absolute Gasteiger partial charge is 0.431 e. The number of oxazole rings is 1. The summed E-state index contributed by atoms with van der Waals surface area (Å²) in [5.41, 5.74) is 2.11. The number of thioether (sulfide) groups is 1. The lowest BCUT2D eigenvalue weighted by Gasteiger charge is -2.05. The predicted molar refractivity (Wildman–Crippen MR) is 102 cm³/mol. The van der Waals surface area contributed by atoms with E-state index in [0.29, 0.717) is 21.3 Å².